The van der Waals surface area contributed by atoms with Gasteiger partial charge in [-0.3, -0.25) is 0 Å². The molecule has 0 spiro atoms. The van der Waals surface area contributed by atoms with Crippen LogP contribution >= 0.6 is 11.8 Å². The van der Waals surface area contributed by atoms with Gasteiger partial charge in [0.2, 0.25) is 0 Å². The quantitative estimate of drug-likeness (QED) is 0.786. The number of H-pyrrole nitrogens is 1. The third-order valence-corrected chi connectivity index (χ3v) is 2.97. The van der Waals surface area contributed by atoms with Crippen LogP contribution in [0.15, 0.2) is 30.3 Å². The van der Waals surface area contributed by atoms with Gasteiger partial charge in [-0.05, 0) is 23.3 Å². The average Bonchev–Trinajstić information content (AvgIpc) is 2.57. The fraction of sp³-hybridized carbons (Fsp3) is 0.273. The van der Waals surface area contributed by atoms with E-state index in [9.17, 15) is 0 Å². The number of para-hydroxylation sites is 1. The number of hydrogen-bond donors (Lipinski definition) is 1. The number of rotatable bonds is 3. The molecule has 0 saturated heterocycles. The zero-order valence-electron chi connectivity index (χ0n) is 7.71. The number of fused-ring (bicyclic) bond motifs is 1. The molecule has 1 N–H and O–H groups in total. The van der Waals surface area contributed by atoms with Crippen LogP contribution in [0.25, 0.3) is 10.9 Å². The third kappa shape index (κ3) is 1.89. The molecule has 2 rings (SSSR count). The van der Waals surface area contributed by atoms with E-state index in [2.05, 4.69) is 42.2 Å². The van der Waals surface area contributed by atoms with Gasteiger partial charge in [0.15, 0.2) is 0 Å². The summed E-state index contributed by atoms with van der Waals surface area (Å²) in [6, 6.07) is 10.6. The lowest BCUT2D eigenvalue weighted by Crippen LogP contribution is -1.78. The van der Waals surface area contributed by atoms with Crippen molar-refractivity contribution < 1.29 is 0 Å². The van der Waals surface area contributed by atoms with Crippen molar-refractivity contribution in [2.75, 3.05) is 5.75 Å². The summed E-state index contributed by atoms with van der Waals surface area (Å²) in [5.74, 6) is 2.26. The molecule has 2 aromatic rings. The monoisotopic (exact) mass is 191 g/mol. The molecule has 0 saturated carbocycles. The van der Waals surface area contributed by atoms with Crippen molar-refractivity contribution in [3.8, 4) is 0 Å². The van der Waals surface area contributed by atoms with E-state index in [-0.39, 0.29) is 0 Å². The van der Waals surface area contributed by atoms with Gasteiger partial charge in [0.25, 0.3) is 0 Å². The predicted octanol–water partition coefficient (Wildman–Crippen LogP) is 3.42. The van der Waals surface area contributed by atoms with Gasteiger partial charge in [-0.2, -0.15) is 11.8 Å². The van der Waals surface area contributed by atoms with Gasteiger partial charge in [-0.25, -0.2) is 0 Å². The molecule has 0 radical (unpaired) electrons. The summed E-state index contributed by atoms with van der Waals surface area (Å²) in [6.07, 6.45) is 0. The highest BCUT2D eigenvalue weighted by atomic mass is 32.2. The highest BCUT2D eigenvalue weighted by Gasteiger charge is 1.98. The second-order valence-electron chi connectivity index (χ2n) is 3.02. The lowest BCUT2D eigenvalue weighted by molar-refractivity contribution is 1.26. The first-order chi connectivity index (χ1) is 6.40. The molecule has 0 aliphatic rings. The van der Waals surface area contributed by atoms with Crippen LogP contribution in [0.5, 0.6) is 0 Å². The molecule has 0 aliphatic heterocycles. The maximum absolute atomic E-state index is 3.41. The number of thioether (sulfide) groups is 1. The van der Waals surface area contributed by atoms with Gasteiger partial charge in [0, 0.05) is 17.0 Å². The molecular formula is C11H13NS. The Morgan fingerprint density at radius 3 is 2.92 bits per heavy atom. The Labute approximate surface area is 82.5 Å². The van der Waals surface area contributed by atoms with Gasteiger partial charge in [-0.15, -0.1) is 0 Å². The predicted molar refractivity (Wildman–Crippen MR) is 60.1 cm³/mol. The maximum atomic E-state index is 3.41. The summed E-state index contributed by atoms with van der Waals surface area (Å²) >= 11 is 1.95. The normalized spacial score (nSPS) is 10.8. The van der Waals surface area contributed by atoms with Crippen LogP contribution in [-0.4, -0.2) is 10.7 Å². The van der Waals surface area contributed by atoms with Gasteiger partial charge < -0.3 is 4.98 Å². The summed E-state index contributed by atoms with van der Waals surface area (Å²) in [5.41, 5.74) is 2.57. The van der Waals surface area contributed by atoms with Crippen LogP contribution < -0.4 is 0 Å². The molecule has 0 amide bonds. The largest absolute Gasteiger partial charge is 0.358 e. The van der Waals surface area contributed by atoms with Crippen molar-refractivity contribution in [3.63, 3.8) is 0 Å². The maximum Gasteiger partial charge on any atom is 0.0456 e. The van der Waals surface area contributed by atoms with Crippen molar-refractivity contribution in [1.29, 1.82) is 0 Å². The molecule has 1 nitrogen and oxygen atoms in total. The van der Waals surface area contributed by atoms with E-state index in [1.165, 1.54) is 22.3 Å². The number of benzene rings is 1. The Kier molecular flexibility index (Phi) is 2.60. The molecule has 1 heterocycles. The van der Waals surface area contributed by atoms with Crippen LogP contribution in [0.2, 0.25) is 0 Å². The third-order valence-electron chi connectivity index (χ3n) is 2.05. The minimum Gasteiger partial charge on any atom is -0.358 e. The molecule has 1 aromatic carbocycles. The average molecular weight is 191 g/mol. The van der Waals surface area contributed by atoms with E-state index < -0.39 is 0 Å². The summed E-state index contributed by atoms with van der Waals surface area (Å²) in [6.45, 7) is 2.19. The van der Waals surface area contributed by atoms with Crippen molar-refractivity contribution in [2.45, 2.75) is 12.7 Å². The summed E-state index contributed by atoms with van der Waals surface area (Å²) in [7, 11) is 0. The van der Waals surface area contributed by atoms with E-state index >= 15 is 0 Å². The van der Waals surface area contributed by atoms with E-state index in [0.717, 1.165) is 5.75 Å². The smallest absolute Gasteiger partial charge is 0.0456 e. The molecule has 0 fully saturated rings. The Bertz CT molecular complexity index is 359. The van der Waals surface area contributed by atoms with Gasteiger partial charge in [0.05, 0.1) is 0 Å². The highest BCUT2D eigenvalue weighted by Crippen LogP contribution is 2.18. The molecular weight excluding hydrogens is 178 g/mol. The van der Waals surface area contributed by atoms with Crippen molar-refractivity contribution >= 4 is 22.7 Å². The molecule has 0 atom stereocenters. The molecule has 1 aromatic heterocycles. The first-order valence-electron chi connectivity index (χ1n) is 4.54. The molecule has 0 bridgehead atoms. The zero-order valence-corrected chi connectivity index (χ0v) is 8.53. The van der Waals surface area contributed by atoms with E-state index in [0.29, 0.717) is 0 Å². The second kappa shape index (κ2) is 3.88. The SMILES string of the molecule is CCSCc1cc2ccccc2[nH]1. The van der Waals surface area contributed by atoms with Crippen molar-refractivity contribution in [3.05, 3.63) is 36.0 Å². The van der Waals surface area contributed by atoms with Gasteiger partial charge in [0.1, 0.15) is 0 Å². The summed E-state index contributed by atoms with van der Waals surface area (Å²) in [4.78, 5) is 3.41. The number of nitrogens with one attached hydrogen (secondary N) is 1. The van der Waals surface area contributed by atoms with Gasteiger partial charge in [-0.1, -0.05) is 25.1 Å². The van der Waals surface area contributed by atoms with Crippen LogP contribution in [0.1, 0.15) is 12.6 Å². The second-order valence-corrected chi connectivity index (χ2v) is 4.29. The number of aromatic nitrogens is 1. The summed E-state index contributed by atoms with van der Waals surface area (Å²) in [5, 5.41) is 1.31. The fourth-order valence-electron chi connectivity index (χ4n) is 1.42. The van der Waals surface area contributed by atoms with Crippen LogP contribution in [0.3, 0.4) is 0 Å². The Morgan fingerprint density at radius 1 is 1.31 bits per heavy atom. The highest BCUT2D eigenvalue weighted by molar-refractivity contribution is 7.98. The van der Waals surface area contributed by atoms with E-state index in [1.807, 2.05) is 11.8 Å². The molecule has 0 aliphatic carbocycles. The number of aromatic amines is 1. The van der Waals surface area contributed by atoms with Crippen LogP contribution in [-0.2, 0) is 5.75 Å². The minimum absolute atomic E-state index is 1.09. The van der Waals surface area contributed by atoms with Crippen LogP contribution in [0.4, 0.5) is 0 Å². The topological polar surface area (TPSA) is 15.8 Å². The Hall–Kier alpha value is -0.890. The van der Waals surface area contributed by atoms with Crippen LogP contribution in [0, 0.1) is 0 Å². The lowest BCUT2D eigenvalue weighted by atomic mass is 10.2. The Balaban J connectivity index is 2.28. The molecule has 68 valence electrons. The first kappa shape index (κ1) is 8.70. The minimum atomic E-state index is 1.09. The summed E-state index contributed by atoms with van der Waals surface area (Å²) < 4.78 is 0. The van der Waals surface area contributed by atoms with E-state index in [4.69, 9.17) is 0 Å². The first-order valence-corrected chi connectivity index (χ1v) is 5.70. The lowest BCUT2D eigenvalue weighted by Gasteiger charge is -1.92. The number of hydrogen-bond acceptors (Lipinski definition) is 1. The zero-order chi connectivity index (χ0) is 9.10. The Morgan fingerprint density at radius 2 is 2.15 bits per heavy atom. The van der Waals surface area contributed by atoms with Gasteiger partial charge >= 0.3 is 0 Å². The molecule has 2 heteroatoms. The molecule has 0 unspecified atom stereocenters. The van der Waals surface area contributed by atoms with Crippen molar-refractivity contribution in [1.82, 2.24) is 4.98 Å². The van der Waals surface area contributed by atoms with E-state index in [1.54, 1.807) is 0 Å². The standard InChI is InChI=1S/C11H13NS/c1-2-13-8-10-7-9-5-3-4-6-11(9)12-10/h3-7,12H,2,8H2,1H3. The van der Waals surface area contributed by atoms with Crippen molar-refractivity contribution in [2.24, 2.45) is 0 Å². The molecule has 13 heavy (non-hydrogen) atoms. The fourth-order valence-corrected chi connectivity index (χ4v) is 2.00.